The normalized spacial score (nSPS) is 13.0. The summed E-state index contributed by atoms with van der Waals surface area (Å²) in [6, 6.07) is 16.2. The molecule has 2 aromatic carbocycles. The smallest absolute Gasteiger partial charge is 0.121 e. The highest BCUT2D eigenvalue weighted by Gasteiger charge is 2.10. The van der Waals surface area contributed by atoms with E-state index in [0.717, 1.165) is 11.1 Å². The third-order valence-corrected chi connectivity index (χ3v) is 3.67. The Morgan fingerprint density at radius 3 is 2.35 bits per heavy atom. The zero-order valence-electron chi connectivity index (χ0n) is 13.2. The van der Waals surface area contributed by atoms with Crippen molar-refractivity contribution in [3.63, 3.8) is 0 Å². The molecule has 0 saturated heterocycles. The average molecular weight is 310 g/mol. The summed E-state index contributed by atoms with van der Waals surface area (Å²) in [5, 5.41) is 29.9. The predicted octanol–water partition coefficient (Wildman–Crippen LogP) is 4.04. The molecule has 0 bridgehead atoms. The van der Waals surface area contributed by atoms with Crippen LogP contribution < -0.4 is 0 Å². The van der Waals surface area contributed by atoms with Crippen molar-refractivity contribution in [1.82, 2.24) is 0 Å². The zero-order chi connectivity index (χ0) is 16.7. The Morgan fingerprint density at radius 1 is 1.00 bits per heavy atom. The van der Waals surface area contributed by atoms with Gasteiger partial charge in [0.25, 0.3) is 0 Å². The van der Waals surface area contributed by atoms with Crippen molar-refractivity contribution in [1.29, 1.82) is 0 Å². The van der Waals surface area contributed by atoms with Gasteiger partial charge in [0, 0.05) is 18.4 Å². The molecule has 0 saturated carbocycles. The molecule has 2 rings (SSSR count). The van der Waals surface area contributed by atoms with Gasteiger partial charge in [0.1, 0.15) is 5.75 Å². The van der Waals surface area contributed by atoms with Crippen LogP contribution in [0.5, 0.6) is 5.75 Å². The highest BCUT2D eigenvalue weighted by atomic mass is 16.3. The van der Waals surface area contributed by atoms with Crippen LogP contribution in [0.25, 0.3) is 0 Å². The molecule has 0 fully saturated rings. The summed E-state index contributed by atoms with van der Waals surface area (Å²) in [5.41, 5.74) is 5.39. The van der Waals surface area contributed by atoms with Crippen LogP contribution >= 0.6 is 0 Å². The summed E-state index contributed by atoms with van der Waals surface area (Å²) in [5.74, 6) is 0.0913. The van der Waals surface area contributed by atoms with Crippen LogP contribution in [0.3, 0.4) is 0 Å². The zero-order valence-corrected chi connectivity index (χ0v) is 13.2. The van der Waals surface area contributed by atoms with Gasteiger partial charge >= 0.3 is 0 Å². The van der Waals surface area contributed by atoms with Crippen molar-refractivity contribution in [2.45, 2.75) is 32.0 Å². The summed E-state index contributed by atoms with van der Waals surface area (Å²) in [7, 11) is 0. The fraction of sp³-hybridized carbons (Fsp3) is 0.250. The van der Waals surface area contributed by atoms with Crippen molar-refractivity contribution >= 4 is 0 Å². The quantitative estimate of drug-likeness (QED) is 0.706. The molecule has 3 heteroatoms. The van der Waals surface area contributed by atoms with Crippen LogP contribution in [0.4, 0.5) is 0 Å². The number of aliphatic hydroxyl groups is 2. The number of benzene rings is 2. The molecular formula is C20H22O3. The Morgan fingerprint density at radius 2 is 1.65 bits per heavy atom. The molecule has 0 unspecified atom stereocenters. The molecule has 0 aliphatic carbocycles. The van der Waals surface area contributed by atoms with Crippen molar-refractivity contribution in [3.8, 4) is 5.75 Å². The second kappa shape index (κ2) is 8.35. The number of aromatic hydroxyl groups is 1. The molecule has 0 aliphatic rings. The average Bonchev–Trinajstić information content (AvgIpc) is 2.56. The van der Waals surface area contributed by atoms with Gasteiger partial charge in [0.2, 0.25) is 0 Å². The van der Waals surface area contributed by atoms with E-state index in [4.69, 9.17) is 0 Å². The van der Waals surface area contributed by atoms with E-state index in [9.17, 15) is 15.3 Å². The summed E-state index contributed by atoms with van der Waals surface area (Å²) >= 11 is 0. The number of phenols is 1. The lowest BCUT2D eigenvalue weighted by atomic mass is 10.0. The lowest BCUT2D eigenvalue weighted by Gasteiger charge is -2.10. The van der Waals surface area contributed by atoms with E-state index in [1.807, 2.05) is 37.3 Å². The van der Waals surface area contributed by atoms with Gasteiger partial charge in [-0.1, -0.05) is 48.5 Å². The minimum Gasteiger partial charge on any atom is -0.508 e. The van der Waals surface area contributed by atoms with Crippen LogP contribution in [-0.4, -0.2) is 15.3 Å². The molecule has 0 aliphatic heterocycles. The highest BCUT2D eigenvalue weighted by Crippen LogP contribution is 2.26. The van der Waals surface area contributed by atoms with Gasteiger partial charge in [-0.2, -0.15) is 0 Å². The van der Waals surface area contributed by atoms with E-state index in [1.54, 1.807) is 30.3 Å². The first-order chi connectivity index (χ1) is 11.1. The van der Waals surface area contributed by atoms with Crippen LogP contribution in [0.1, 0.15) is 43.1 Å². The molecule has 0 spiro atoms. The van der Waals surface area contributed by atoms with Crippen molar-refractivity contribution < 1.29 is 15.3 Å². The number of rotatable bonds is 6. The van der Waals surface area contributed by atoms with Crippen LogP contribution in [0, 0.1) is 0 Å². The second-order valence-electron chi connectivity index (χ2n) is 5.57. The van der Waals surface area contributed by atoms with Crippen LogP contribution in [0.2, 0.25) is 0 Å². The Labute approximate surface area is 136 Å². The van der Waals surface area contributed by atoms with Crippen molar-refractivity contribution in [3.05, 3.63) is 83.1 Å². The molecule has 120 valence electrons. The Balaban J connectivity index is 1.95. The fourth-order valence-electron chi connectivity index (χ4n) is 2.38. The predicted molar refractivity (Wildman–Crippen MR) is 91.0 cm³/mol. The maximum atomic E-state index is 10.2. The molecule has 3 N–H and O–H groups in total. The molecule has 23 heavy (non-hydrogen) atoms. The molecule has 0 radical (unpaired) electrons. The van der Waals surface area contributed by atoms with Gasteiger partial charge in [-0.15, -0.1) is 5.73 Å². The lowest BCUT2D eigenvalue weighted by molar-refractivity contribution is 0.177. The standard InChI is InChI=1S/C20H22O3/c1-15(14-20(23)16-9-3-2-4-10-16)8-7-13-19(22)17-11-5-6-12-18(17)21/h2-7,9-12,19-23H,13-14H2,1H3/t8?,19-,20-/m1/s1. The molecule has 0 aromatic heterocycles. The van der Waals surface area contributed by atoms with Crippen LogP contribution in [0.15, 0.2) is 72.0 Å². The number of phenolic OH excluding ortho intramolecular Hbond substituents is 1. The Kier molecular flexibility index (Phi) is 6.19. The summed E-state index contributed by atoms with van der Waals surface area (Å²) < 4.78 is 0. The van der Waals surface area contributed by atoms with Crippen molar-refractivity contribution in [2.75, 3.05) is 0 Å². The number of hydrogen-bond donors (Lipinski definition) is 3. The third kappa shape index (κ3) is 5.11. The van der Waals surface area contributed by atoms with Gasteiger partial charge < -0.3 is 15.3 Å². The molecule has 2 atom stereocenters. The van der Waals surface area contributed by atoms with Gasteiger partial charge in [-0.25, -0.2) is 0 Å². The summed E-state index contributed by atoms with van der Waals surface area (Å²) in [4.78, 5) is 0. The van der Waals surface area contributed by atoms with E-state index >= 15 is 0 Å². The topological polar surface area (TPSA) is 60.7 Å². The molecule has 3 nitrogen and oxygen atoms in total. The largest absolute Gasteiger partial charge is 0.508 e. The van der Waals surface area contributed by atoms with Gasteiger partial charge in [-0.3, -0.25) is 0 Å². The van der Waals surface area contributed by atoms with Gasteiger partial charge in [0.15, 0.2) is 0 Å². The van der Waals surface area contributed by atoms with E-state index in [2.05, 4.69) is 5.73 Å². The SMILES string of the molecule is CC(=C=CC[C@@H](O)c1ccccc1O)C[C@@H](O)c1ccccc1. The van der Waals surface area contributed by atoms with Crippen LogP contribution in [-0.2, 0) is 0 Å². The number of hydrogen-bond acceptors (Lipinski definition) is 3. The minimum absolute atomic E-state index is 0.0913. The summed E-state index contributed by atoms with van der Waals surface area (Å²) in [6.07, 6.45) is 1.27. The Hall–Kier alpha value is -2.32. The lowest BCUT2D eigenvalue weighted by Crippen LogP contribution is -1.97. The van der Waals surface area contributed by atoms with Gasteiger partial charge in [0.05, 0.1) is 12.2 Å². The highest BCUT2D eigenvalue weighted by molar-refractivity contribution is 5.33. The minimum atomic E-state index is -0.768. The first-order valence-corrected chi connectivity index (χ1v) is 7.67. The molecule has 2 aromatic rings. The maximum Gasteiger partial charge on any atom is 0.121 e. The molecule has 0 heterocycles. The Bertz CT molecular complexity index is 685. The van der Waals surface area contributed by atoms with E-state index in [1.165, 1.54) is 0 Å². The van der Waals surface area contributed by atoms with E-state index in [-0.39, 0.29) is 5.75 Å². The van der Waals surface area contributed by atoms with E-state index in [0.29, 0.717) is 18.4 Å². The monoisotopic (exact) mass is 310 g/mol. The van der Waals surface area contributed by atoms with E-state index < -0.39 is 12.2 Å². The second-order valence-corrected chi connectivity index (χ2v) is 5.57. The number of para-hydroxylation sites is 1. The first kappa shape index (κ1) is 17.0. The van der Waals surface area contributed by atoms with Gasteiger partial charge in [-0.05, 0) is 30.2 Å². The fourth-order valence-corrected chi connectivity index (χ4v) is 2.38. The number of aliphatic hydroxyl groups excluding tert-OH is 2. The maximum absolute atomic E-state index is 10.2. The summed E-state index contributed by atoms with van der Waals surface area (Å²) in [6.45, 7) is 1.90. The third-order valence-electron chi connectivity index (χ3n) is 3.67. The first-order valence-electron chi connectivity index (χ1n) is 7.67. The van der Waals surface area contributed by atoms with Crippen molar-refractivity contribution in [2.24, 2.45) is 0 Å². The molecular weight excluding hydrogens is 288 g/mol. The molecule has 0 amide bonds.